The molecule has 0 aliphatic carbocycles. The zero-order valence-electron chi connectivity index (χ0n) is 9.14. The summed E-state index contributed by atoms with van der Waals surface area (Å²) in [5.74, 6) is 0.145. The minimum absolute atomic E-state index is 0.126. The number of hydrogen-bond donors (Lipinski definition) is 2. The van der Waals surface area contributed by atoms with Crippen LogP contribution in [-0.4, -0.2) is 18.0 Å². The smallest absolute Gasteiger partial charge is 0.270 e. The molecule has 6 heteroatoms. The summed E-state index contributed by atoms with van der Waals surface area (Å²) in [6, 6.07) is 7.33. The Morgan fingerprint density at radius 1 is 1.35 bits per heavy atom. The molecule has 0 spiro atoms. The van der Waals surface area contributed by atoms with Crippen molar-refractivity contribution in [3.63, 3.8) is 0 Å². The van der Waals surface area contributed by atoms with Crippen molar-refractivity contribution in [2.75, 3.05) is 12.8 Å². The number of thiazole rings is 1. The van der Waals surface area contributed by atoms with Crippen LogP contribution >= 0.6 is 11.3 Å². The molecule has 5 nitrogen and oxygen atoms in total. The molecule has 17 heavy (non-hydrogen) atoms. The predicted molar refractivity (Wildman–Crippen MR) is 67.0 cm³/mol. The summed E-state index contributed by atoms with van der Waals surface area (Å²) in [5, 5.41) is 1.00. The third kappa shape index (κ3) is 2.21. The van der Waals surface area contributed by atoms with E-state index < -0.39 is 5.91 Å². The second kappa shape index (κ2) is 4.42. The quantitative estimate of drug-likeness (QED) is 0.862. The van der Waals surface area contributed by atoms with Crippen molar-refractivity contribution < 1.29 is 9.53 Å². The van der Waals surface area contributed by atoms with Crippen LogP contribution in [0, 0.1) is 0 Å². The maximum absolute atomic E-state index is 11.0. The fourth-order valence-corrected chi connectivity index (χ4v) is 2.21. The predicted octanol–water partition coefficient (Wildman–Crippen LogP) is 1.50. The van der Waals surface area contributed by atoms with E-state index in [1.807, 2.05) is 24.3 Å². The van der Waals surface area contributed by atoms with Gasteiger partial charge >= 0.3 is 0 Å². The number of anilines is 1. The van der Waals surface area contributed by atoms with Gasteiger partial charge in [-0.3, -0.25) is 4.79 Å². The Balaban J connectivity index is 2.39. The number of rotatable bonds is 3. The lowest BCUT2D eigenvalue weighted by molar-refractivity contribution is 0.0997. The zero-order chi connectivity index (χ0) is 12.4. The highest BCUT2D eigenvalue weighted by Crippen LogP contribution is 2.30. The van der Waals surface area contributed by atoms with Gasteiger partial charge in [0, 0.05) is 5.56 Å². The van der Waals surface area contributed by atoms with Crippen LogP contribution in [0.2, 0.25) is 0 Å². The topological polar surface area (TPSA) is 91.2 Å². The second-order valence-corrected chi connectivity index (χ2v) is 4.36. The first-order valence-corrected chi connectivity index (χ1v) is 5.64. The van der Waals surface area contributed by atoms with E-state index in [-0.39, 0.29) is 5.69 Å². The molecule has 0 aliphatic heterocycles. The molecule has 1 aromatic carbocycles. The molecule has 0 saturated heterocycles. The van der Waals surface area contributed by atoms with E-state index in [4.69, 9.17) is 16.2 Å². The normalized spacial score (nSPS) is 10.2. The van der Waals surface area contributed by atoms with Gasteiger partial charge in [-0.25, -0.2) is 4.98 Å². The highest BCUT2D eigenvalue weighted by atomic mass is 32.1. The molecule has 1 heterocycles. The van der Waals surface area contributed by atoms with Gasteiger partial charge in [-0.15, -0.1) is 0 Å². The number of benzene rings is 1. The van der Waals surface area contributed by atoms with Gasteiger partial charge in [0.15, 0.2) is 5.69 Å². The SMILES string of the molecule is COc1ccc(-c2nc(C(N)=O)c(N)s2)cc1. The third-order valence-electron chi connectivity index (χ3n) is 2.22. The summed E-state index contributed by atoms with van der Waals surface area (Å²) in [7, 11) is 1.60. The zero-order valence-corrected chi connectivity index (χ0v) is 9.95. The lowest BCUT2D eigenvalue weighted by Gasteiger charge is -1.99. The Hall–Kier alpha value is -2.08. The molecule has 0 unspecified atom stereocenters. The average molecular weight is 249 g/mol. The molecular weight excluding hydrogens is 238 g/mol. The summed E-state index contributed by atoms with van der Waals surface area (Å²) < 4.78 is 5.06. The summed E-state index contributed by atoms with van der Waals surface area (Å²) in [5.41, 5.74) is 11.8. The van der Waals surface area contributed by atoms with Gasteiger partial charge < -0.3 is 16.2 Å². The van der Waals surface area contributed by atoms with Gasteiger partial charge in [0.1, 0.15) is 15.8 Å². The van der Waals surface area contributed by atoms with E-state index in [9.17, 15) is 4.79 Å². The van der Waals surface area contributed by atoms with Crippen LogP contribution in [0.1, 0.15) is 10.5 Å². The lowest BCUT2D eigenvalue weighted by atomic mass is 10.2. The lowest BCUT2D eigenvalue weighted by Crippen LogP contribution is -2.13. The number of hydrogen-bond acceptors (Lipinski definition) is 5. The molecule has 0 fully saturated rings. The largest absolute Gasteiger partial charge is 0.497 e. The molecule has 0 bridgehead atoms. The van der Waals surface area contributed by atoms with Crippen LogP contribution in [0.15, 0.2) is 24.3 Å². The van der Waals surface area contributed by atoms with Crippen molar-refractivity contribution in [2.45, 2.75) is 0 Å². The number of carbonyl (C=O) groups is 1. The average Bonchev–Trinajstić information content (AvgIpc) is 2.71. The summed E-state index contributed by atoms with van der Waals surface area (Å²) in [4.78, 5) is 15.1. The van der Waals surface area contributed by atoms with Gasteiger partial charge in [-0.1, -0.05) is 11.3 Å². The molecule has 0 saturated carbocycles. The number of methoxy groups -OCH3 is 1. The number of ether oxygens (including phenoxy) is 1. The fraction of sp³-hybridized carbons (Fsp3) is 0.0909. The highest BCUT2D eigenvalue weighted by Gasteiger charge is 2.14. The van der Waals surface area contributed by atoms with Crippen LogP contribution in [0.4, 0.5) is 5.00 Å². The van der Waals surface area contributed by atoms with Gasteiger partial charge in [-0.05, 0) is 24.3 Å². The minimum atomic E-state index is -0.612. The first-order valence-electron chi connectivity index (χ1n) is 4.82. The maximum atomic E-state index is 11.0. The van der Waals surface area contributed by atoms with E-state index in [0.29, 0.717) is 10.0 Å². The van der Waals surface area contributed by atoms with Gasteiger partial charge in [-0.2, -0.15) is 0 Å². The fourth-order valence-electron chi connectivity index (χ4n) is 1.37. The molecule has 0 radical (unpaired) electrons. The molecule has 0 aliphatic rings. The molecule has 2 rings (SSSR count). The van der Waals surface area contributed by atoms with E-state index >= 15 is 0 Å². The number of nitrogens with two attached hydrogens (primary N) is 2. The summed E-state index contributed by atoms with van der Waals surface area (Å²) >= 11 is 1.23. The first-order chi connectivity index (χ1) is 8.11. The van der Waals surface area contributed by atoms with Crippen molar-refractivity contribution in [3.8, 4) is 16.3 Å². The molecule has 1 aromatic heterocycles. The summed E-state index contributed by atoms with van der Waals surface area (Å²) in [6.45, 7) is 0. The molecule has 0 atom stereocenters. The van der Waals surface area contributed by atoms with Gasteiger partial charge in [0.25, 0.3) is 5.91 Å². The maximum Gasteiger partial charge on any atom is 0.270 e. The number of carbonyl (C=O) groups excluding carboxylic acids is 1. The van der Waals surface area contributed by atoms with Crippen molar-refractivity contribution >= 4 is 22.2 Å². The van der Waals surface area contributed by atoms with Crippen molar-refractivity contribution in [1.29, 1.82) is 0 Å². The summed E-state index contributed by atoms with van der Waals surface area (Å²) in [6.07, 6.45) is 0. The van der Waals surface area contributed by atoms with Crippen LogP contribution in [-0.2, 0) is 0 Å². The third-order valence-corrected chi connectivity index (χ3v) is 3.16. The van der Waals surface area contributed by atoms with Crippen molar-refractivity contribution in [3.05, 3.63) is 30.0 Å². The van der Waals surface area contributed by atoms with Crippen LogP contribution < -0.4 is 16.2 Å². The van der Waals surface area contributed by atoms with Gasteiger partial charge in [0.05, 0.1) is 7.11 Å². The van der Waals surface area contributed by atoms with E-state index in [0.717, 1.165) is 11.3 Å². The Bertz CT molecular complexity index is 548. The van der Waals surface area contributed by atoms with Crippen LogP contribution in [0.25, 0.3) is 10.6 Å². The number of nitrogens with zero attached hydrogens (tertiary/aromatic N) is 1. The monoisotopic (exact) mass is 249 g/mol. The standard InChI is InChI=1S/C11H11N3O2S/c1-16-7-4-2-6(3-5-7)11-14-8(9(12)15)10(13)17-11/h2-5H,13H2,1H3,(H2,12,15). The number of nitrogen functional groups attached to an aromatic ring is 1. The molecule has 2 aromatic rings. The number of amides is 1. The van der Waals surface area contributed by atoms with E-state index in [1.165, 1.54) is 11.3 Å². The Morgan fingerprint density at radius 3 is 2.47 bits per heavy atom. The van der Waals surface area contributed by atoms with E-state index in [1.54, 1.807) is 7.11 Å². The molecule has 4 N–H and O–H groups in total. The molecule has 88 valence electrons. The van der Waals surface area contributed by atoms with Crippen LogP contribution in [0.5, 0.6) is 5.75 Å². The number of primary amides is 1. The van der Waals surface area contributed by atoms with Crippen molar-refractivity contribution in [1.82, 2.24) is 4.98 Å². The first kappa shape index (κ1) is 11.4. The van der Waals surface area contributed by atoms with Crippen molar-refractivity contribution in [2.24, 2.45) is 5.73 Å². The molecule has 1 amide bonds. The van der Waals surface area contributed by atoms with Gasteiger partial charge in [0.2, 0.25) is 0 Å². The Labute approximate surface area is 102 Å². The Morgan fingerprint density at radius 2 is 2.00 bits per heavy atom. The van der Waals surface area contributed by atoms with E-state index in [2.05, 4.69) is 4.98 Å². The molecular formula is C11H11N3O2S. The Kier molecular flexibility index (Phi) is 2.97. The number of aromatic nitrogens is 1. The minimum Gasteiger partial charge on any atom is -0.497 e. The highest BCUT2D eigenvalue weighted by molar-refractivity contribution is 7.19. The second-order valence-electron chi connectivity index (χ2n) is 3.32. The van der Waals surface area contributed by atoms with Crippen LogP contribution in [0.3, 0.4) is 0 Å².